The lowest BCUT2D eigenvalue weighted by Gasteiger charge is -2.11. The number of rotatable bonds is 5. The topological polar surface area (TPSA) is 18.5 Å². The van der Waals surface area contributed by atoms with E-state index in [0.717, 1.165) is 5.56 Å². The Morgan fingerprint density at radius 2 is 1.50 bits per heavy atom. The Kier molecular flexibility index (Phi) is 4.75. The third-order valence-electron chi connectivity index (χ3n) is 3.62. The Labute approximate surface area is 139 Å². The van der Waals surface area contributed by atoms with Crippen molar-refractivity contribution < 1.29 is 18.3 Å². The van der Waals surface area contributed by atoms with Crippen LogP contribution < -0.4 is 9.47 Å². The van der Waals surface area contributed by atoms with Crippen molar-refractivity contribution in [2.24, 2.45) is 0 Å². The third kappa shape index (κ3) is 3.54. The molecule has 0 radical (unpaired) electrons. The van der Waals surface area contributed by atoms with Gasteiger partial charge >= 0.3 is 0 Å². The molecule has 0 N–H and O–H groups in total. The van der Waals surface area contributed by atoms with Crippen molar-refractivity contribution in [3.8, 4) is 22.6 Å². The molecule has 4 heteroatoms. The molecule has 2 nitrogen and oxygen atoms in total. The van der Waals surface area contributed by atoms with Gasteiger partial charge in [-0.1, -0.05) is 42.5 Å². The molecule has 0 atom stereocenters. The normalized spacial score (nSPS) is 10.5. The van der Waals surface area contributed by atoms with E-state index >= 15 is 0 Å². The number of hydrogen-bond acceptors (Lipinski definition) is 2. The fraction of sp³-hybridized carbons (Fsp3) is 0.100. The van der Waals surface area contributed by atoms with Gasteiger partial charge < -0.3 is 9.47 Å². The van der Waals surface area contributed by atoms with E-state index in [9.17, 15) is 8.78 Å². The zero-order valence-electron chi connectivity index (χ0n) is 13.1. The van der Waals surface area contributed by atoms with Crippen molar-refractivity contribution in [2.75, 3.05) is 7.11 Å². The minimum atomic E-state index is -0.675. The summed E-state index contributed by atoms with van der Waals surface area (Å²) in [7, 11) is 1.51. The highest BCUT2D eigenvalue weighted by atomic mass is 19.1. The van der Waals surface area contributed by atoms with Crippen LogP contribution in [-0.2, 0) is 6.61 Å². The Morgan fingerprint density at radius 1 is 0.792 bits per heavy atom. The molecule has 0 fully saturated rings. The molecule has 0 bridgehead atoms. The second kappa shape index (κ2) is 7.13. The second-order valence-electron chi connectivity index (χ2n) is 5.27. The summed E-state index contributed by atoms with van der Waals surface area (Å²) >= 11 is 0. The summed E-state index contributed by atoms with van der Waals surface area (Å²) in [6, 6.07) is 18.4. The molecular weight excluding hydrogens is 310 g/mol. The molecule has 0 aliphatic rings. The molecular formula is C20H16F2O2. The number of halogens is 2. The standard InChI is InChI=1S/C20H16F2O2/c1-23-16-9-5-8-15(10-16)20-18(21)11-17(12-19(20)22)24-13-14-6-3-2-4-7-14/h2-12H,13H2,1H3. The fourth-order valence-electron chi connectivity index (χ4n) is 2.43. The highest BCUT2D eigenvalue weighted by molar-refractivity contribution is 5.67. The molecule has 3 rings (SSSR count). The minimum Gasteiger partial charge on any atom is -0.497 e. The quantitative estimate of drug-likeness (QED) is 0.640. The van der Waals surface area contributed by atoms with E-state index in [1.54, 1.807) is 24.3 Å². The summed E-state index contributed by atoms with van der Waals surface area (Å²) in [5.74, 6) is -0.658. The van der Waals surface area contributed by atoms with E-state index in [1.165, 1.54) is 19.2 Å². The Bertz CT molecular complexity index is 809. The van der Waals surface area contributed by atoms with Gasteiger partial charge in [0.15, 0.2) is 0 Å². The molecule has 0 saturated carbocycles. The van der Waals surface area contributed by atoms with Crippen LogP contribution >= 0.6 is 0 Å². The highest BCUT2D eigenvalue weighted by Gasteiger charge is 2.14. The number of ether oxygens (including phenoxy) is 2. The van der Waals surface area contributed by atoms with Crippen LogP contribution in [0.1, 0.15) is 5.56 Å². The largest absolute Gasteiger partial charge is 0.497 e. The van der Waals surface area contributed by atoms with Crippen LogP contribution in [0.4, 0.5) is 8.78 Å². The first-order valence-electron chi connectivity index (χ1n) is 7.47. The van der Waals surface area contributed by atoms with Crippen LogP contribution in [0.25, 0.3) is 11.1 Å². The van der Waals surface area contributed by atoms with Crippen LogP contribution in [0.2, 0.25) is 0 Å². The Hall–Kier alpha value is -2.88. The van der Waals surface area contributed by atoms with E-state index in [2.05, 4.69) is 0 Å². The van der Waals surface area contributed by atoms with E-state index in [4.69, 9.17) is 9.47 Å². The van der Waals surface area contributed by atoms with E-state index in [0.29, 0.717) is 11.3 Å². The van der Waals surface area contributed by atoms with Gasteiger partial charge in [0.2, 0.25) is 0 Å². The molecule has 122 valence electrons. The molecule has 0 unspecified atom stereocenters. The maximum atomic E-state index is 14.4. The molecule has 0 spiro atoms. The Balaban J connectivity index is 1.85. The molecule has 3 aromatic rings. The summed E-state index contributed by atoms with van der Waals surface area (Å²) < 4.78 is 39.4. The van der Waals surface area contributed by atoms with Gasteiger partial charge in [0, 0.05) is 12.1 Å². The summed E-state index contributed by atoms with van der Waals surface area (Å²) in [4.78, 5) is 0. The number of hydrogen-bond donors (Lipinski definition) is 0. The lowest BCUT2D eigenvalue weighted by Crippen LogP contribution is -1.98. The van der Waals surface area contributed by atoms with Crippen LogP contribution in [0.5, 0.6) is 11.5 Å². The maximum Gasteiger partial charge on any atom is 0.137 e. The van der Waals surface area contributed by atoms with Crippen LogP contribution in [0.15, 0.2) is 66.7 Å². The van der Waals surface area contributed by atoms with Crippen molar-refractivity contribution in [2.45, 2.75) is 6.61 Å². The van der Waals surface area contributed by atoms with Gasteiger partial charge in [-0.15, -0.1) is 0 Å². The maximum absolute atomic E-state index is 14.4. The average molecular weight is 326 g/mol. The van der Waals surface area contributed by atoms with Gasteiger partial charge in [-0.05, 0) is 23.3 Å². The zero-order valence-corrected chi connectivity index (χ0v) is 13.1. The zero-order chi connectivity index (χ0) is 16.9. The first kappa shape index (κ1) is 16.0. The van der Waals surface area contributed by atoms with Crippen LogP contribution in [0.3, 0.4) is 0 Å². The number of methoxy groups -OCH3 is 1. The average Bonchev–Trinajstić information content (AvgIpc) is 2.60. The van der Waals surface area contributed by atoms with Gasteiger partial charge in [-0.3, -0.25) is 0 Å². The molecule has 24 heavy (non-hydrogen) atoms. The first-order valence-corrected chi connectivity index (χ1v) is 7.47. The van der Waals surface area contributed by atoms with Gasteiger partial charge in [0.05, 0.1) is 12.7 Å². The van der Waals surface area contributed by atoms with Crippen molar-refractivity contribution in [3.63, 3.8) is 0 Å². The van der Waals surface area contributed by atoms with Gasteiger partial charge in [0.25, 0.3) is 0 Å². The van der Waals surface area contributed by atoms with E-state index in [1.807, 2.05) is 30.3 Å². The molecule has 0 aromatic heterocycles. The van der Waals surface area contributed by atoms with Gasteiger partial charge in [0.1, 0.15) is 29.7 Å². The second-order valence-corrected chi connectivity index (χ2v) is 5.27. The van der Waals surface area contributed by atoms with E-state index in [-0.39, 0.29) is 17.9 Å². The van der Waals surface area contributed by atoms with Crippen molar-refractivity contribution in [1.82, 2.24) is 0 Å². The Morgan fingerprint density at radius 3 is 2.17 bits per heavy atom. The molecule has 0 saturated heterocycles. The van der Waals surface area contributed by atoms with E-state index < -0.39 is 11.6 Å². The predicted molar refractivity (Wildman–Crippen MR) is 89.1 cm³/mol. The monoisotopic (exact) mass is 326 g/mol. The van der Waals surface area contributed by atoms with Crippen LogP contribution in [-0.4, -0.2) is 7.11 Å². The summed E-state index contributed by atoms with van der Waals surface area (Å²) in [5, 5.41) is 0. The number of benzene rings is 3. The smallest absolute Gasteiger partial charge is 0.137 e. The van der Waals surface area contributed by atoms with Gasteiger partial charge in [-0.2, -0.15) is 0 Å². The minimum absolute atomic E-state index is 0.0963. The van der Waals surface area contributed by atoms with Crippen molar-refractivity contribution in [3.05, 3.63) is 83.9 Å². The molecule has 0 heterocycles. The van der Waals surface area contributed by atoms with Crippen molar-refractivity contribution in [1.29, 1.82) is 0 Å². The summed E-state index contributed by atoms with van der Waals surface area (Å²) in [6.07, 6.45) is 0. The summed E-state index contributed by atoms with van der Waals surface area (Å²) in [5.41, 5.74) is 1.25. The van der Waals surface area contributed by atoms with Crippen molar-refractivity contribution >= 4 is 0 Å². The van der Waals surface area contributed by atoms with Crippen LogP contribution in [0, 0.1) is 11.6 Å². The molecule has 0 amide bonds. The predicted octanol–water partition coefficient (Wildman–Crippen LogP) is 5.22. The lowest BCUT2D eigenvalue weighted by molar-refractivity contribution is 0.303. The SMILES string of the molecule is COc1cccc(-c2c(F)cc(OCc3ccccc3)cc2F)c1. The molecule has 0 aliphatic heterocycles. The molecule has 3 aromatic carbocycles. The third-order valence-corrected chi connectivity index (χ3v) is 3.62. The fourth-order valence-corrected chi connectivity index (χ4v) is 2.43. The molecule has 0 aliphatic carbocycles. The lowest BCUT2D eigenvalue weighted by atomic mass is 10.0. The first-order chi connectivity index (χ1) is 11.7. The summed E-state index contributed by atoms with van der Waals surface area (Å²) in [6.45, 7) is 0.248. The van der Waals surface area contributed by atoms with Gasteiger partial charge in [-0.25, -0.2) is 8.78 Å². The highest BCUT2D eigenvalue weighted by Crippen LogP contribution is 2.31.